The van der Waals surface area contributed by atoms with E-state index >= 15 is 0 Å². The van der Waals surface area contributed by atoms with Crippen LogP contribution in [0.2, 0.25) is 0 Å². The number of carbonyl (C=O) groups is 1. The molecule has 0 fully saturated rings. The molecule has 2 rings (SSSR count). The number of nitrogens with one attached hydrogen (secondary N) is 1. The Hall–Kier alpha value is -2.01. The van der Waals surface area contributed by atoms with Gasteiger partial charge in [-0.3, -0.25) is 4.79 Å². The molecule has 21 heavy (non-hydrogen) atoms. The molecule has 0 aliphatic carbocycles. The van der Waals surface area contributed by atoms with E-state index in [4.69, 9.17) is 10.5 Å². The van der Waals surface area contributed by atoms with Crippen molar-refractivity contribution in [2.24, 2.45) is 0 Å². The highest BCUT2D eigenvalue weighted by atomic mass is 79.9. The number of amides is 1. The van der Waals surface area contributed by atoms with Crippen LogP contribution in [0, 0.1) is 13.8 Å². The summed E-state index contributed by atoms with van der Waals surface area (Å²) < 4.78 is 6.44. The summed E-state index contributed by atoms with van der Waals surface area (Å²) in [4.78, 5) is 11.9. The van der Waals surface area contributed by atoms with Gasteiger partial charge in [0.25, 0.3) is 5.91 Å². The van der Waals surface area contributed by atoms with Gasteiger partial charge in [-0.15, -0.1) is 0 Å². The Morgan fingerprint density at radius 1 is 1.19 bits per heavy atom. The molecule has 0 aromatic heterocycles. The maximum absolute atomic E-state index is 11.9. The number of benzene rings is 2. The number of nitrogens with two attached hydrogens (primary N) is 1. The fraction of sp³-hybridized carbons (Fsp3) is 0.188. The lowest BCUT2D eigenvalue weighted by atomic mass is 10.2. The molecule has 0 saturated heterocycles. The molecule has 0 radical (unpaired) electrons. The normalized spacial score (nSPS) is 10.2. The van der Waals surface area contributed by atoms with Gasteiger partial charge in [0.05, 0.1) is 0 Å². The predicted molar refractivity (Wildman–Crippen MR) is 88.6 cm³/mol. The molecular weight excluding hydrogens is 332 g/mol. The number of rotatable bonds is 4. The summed E-state index contributed by atoms with van der Waals surface area (Å²) in [5.41, 5.74) is 9.08. The molecule has 3 N–H and O–H groups in total. The first-order chi connectivity index (χ1) is 9.95. The number of aryl methyl sites for hydroxylation is 2. The first-order valence-corrected chi connectivity index (χ1v) is 7.30. The van der Waals surface area contributed by atoms with Crippen molar-refractivity contribution in [1.29, 1.82) is 0 Å². The first-order valence-electron chi connectivity index (χ1n) is 6.50. The third-order valence-corrected chi connectivity index (χ3v) is 3.57. The van der Waals surface area contributed by atoms with Crippen molar-refractivity contribution in [1.82, 2.24) is 0 Å². The summed E-state index contributed by atoms with van der Waals surface area (Å²) >= 11 is 3.38. The number of carbonyl (C=O) groups excluding carboxylic acids is 1. The Labute approximate surface area is 132 Å². The highest BCUT2D eigenvalue weighted by molar-refractivity contribution is 9.10. The topological polar surface area (TPSA) is 64.3 Å². The van der Waals surface area contributed by atoms with Gasteiger partial charge < -0.3 is 15.8 Å². The van der Waals surface area contributed by atoms with Crippen LogP contribution >= 0.6 is 15.9 Å². The zero-order valence-corrected chi connectivity index (χ0v) is 13.5. The number of hydrogen-bond donors (Lipinski definition) is 2. The molecule has 0 atom stereocenters. The second kappa shape index (κ2) is 6.63. The van der Waals surface area contributed by atoms with Crippen LogP contribution in [0.1, 0.15) is 11.1 Å². The molecule has 0 saturated carbocycles. The molecule has 110 valence electrons. The van der Waals surface area contributed by atoms with Crippen molar-refractivity contribution in [2.75, 3.05) is 17.7 Å². The van der Waals surface area contributed by atoms with E-state index in [1.165, 1.54) is 0 Å². The Morgan fingerprint density at radius 2 is 1.90 bits per heavy atom. The van der Waals surface area contributed by atoms with Crippen LogP contribution < -0.4 is 15.8 Å². The van der Waals surface area contributed by atoms with Crippen molar-refractivity contribution in [3.8, 4) is 5.75 Å². The summed E-state index contributed by atoms with van der Waals surface area (Å²) in [6.45, 7) is 3.80. The summed E-state index contributed by atoms with van der Waals surface area (Å²) in [7, 11) is 0. The van der Waals surface area contributed by atoms with Gasteiger partial charge in [-0.25, -0.2) is 0 Å². The van der Waals surface area contributed by atoms with Gasteiger partial charge in [0.1, 0.15) is 5.75 Å². The number of halogens is 1. The van der Waals surface area contributed by atoms with E-state index in [-0.39, 0.29) is 12.5 Å². The molecule has 1 amide bonds. The average Bonchev–Trinajstić information content (AvgIpc) is 2.44. The van der Waals surface area contributed by atoms with Gasteiger partial charge in [0.2, 0.25) is 0 Å². The van der Waals surface area contributed by atoms with Crippen molar-refractivity contribution >= 4 is 33.2 Å². The fourth-order valence-corrected chi connectivity index (χ4v) is 2.13. The van der Waals surface area contributed by atoms with Crippen LogP contribution in [0.15, 0.2) is 40.9 Å². The van der Waals surface area contributed by atoms with Crippen molar-refractivity contribution in [2.45, 2.75) is 13.8 Å². The predicted octanol–water partition coefficient (Wildman–Crippen LogP) is 3.67. The smallest absolute Gasteiger partial charge is 0.262 e. The third kappa shape index (κ3) is 4.23. The lowest BCUT2D eigenvalue weighted by Crippen LogP contribution is -2.20. The highest BCUT2D eigenvalue weighted by Gasteiger charge is 2.07. The maximum Gasteiger partial charge on any atom is 0.262 e. The molecule has 0 bridgehead atoms. The average molecular weight is 349 g/mol. The van der Waals surface area contributed by atoms with Gasteiger partial charge in [0.15, 0.2) is 6.61 Å². The van der Waals surface area contributed by atoms with Crippen molar-refractivity contribution in [3.63, 3.8) is 0 Å². The summed E-state index contributed by atoms with van der Waals surface area (Å²) in [5.74, 6) is 0.459. The van der Waals surface area contributed by atoms with Gasteiger partial charge >= 0.3 is 0 Å². The quantitative estimate of drug-likeness (QED) is 0.828. The van der Waals surface area contributed by atoms with Crippen LogP contribution in [0.4, 0.5) is 11.4 Å². The minimum atomic E-state index is -0.224. The van der Waals surface area contributed by atoms with Crippen LogP contribution in [-0.2, 0) is 4.79 Å². The second-order valence-electron chi connectivity index (χ2n) is 4.82. The lowest BCUT2D eigenvalue weighted by molar-refractivity contribution is -0.118. The molecule has 2 aromatic carbocycles. The van der Waals surface area contributed by atoms with E-state index in [1.807, 2.05) is 44.2 Å². The van der Waals surface area contributed by atoms with E-state index in [9.17, 15) is 4.79 Å². The Morgan fingerprint density at radius 3 is 2.62 bits per heavy atom. The maximum atomic E-state index is 11.9. The SMILES string of the molecule is Cc1ccc(NC(=O)COc2cc(Br)ccc2C)cc1N. The first kappa shape index (κ1) is 15.4. The molecular formula is C16H17BrN2O2. The van der Waals surface area contributed by atoms with Crippen LogP contribution in [0.5, 0.6) is 5.75 Å². The summed E-state index contributed by atoms with van der Waals surface area (Å²) in [6.07, 6.45) is 0. The van der Waals surface area contributed by atoms with Crippen molar-refractivity contribution < 1.29 is 9.53 Å². The van der Waals surface area contributed by atoms with Gasteiger partial charge in [0, 0.05) is 15.8 Å². The summed E-state index contributed by atoms with van der Waals surface area (Å²) in [5, 5.41) is 2.76. The summed E-state index contributed by atoms with van der Waals surface area (Å²) in [6, 6.07) is 11.1. The van der Waals surface area contributed by atoms with Gasteiger partial charge in [-0.05, 0) is 49.2 Å². The molecule has 0 aliphatic rings. The molecule has 5 heteroatoms. The number of nitrogen functional groups attached to an aromatic ring is 1. The minimum Gasteiger partial charge on any atom is -0.483 e. The second-order valence-corrected chi connectivity index (χ2v) is 5.73. The van der Waals surface area contributed by atoms with E-state index in [0.717, 1.165) is 15.6 Å². The molecule has 2 aromatic rings. The molecule has 4 nitrogen and oxygen atoms in total. The van der Waals surface area contributed by atoms with E-state index in [2.05, 4.69) is 21.2 Å². The number of hydrogen-bond acceptors (Lipinski definition) is 3. The number of ether oxygens (including phenoxy) is 1. The molecule has 0 unspecified atom stereocenters. The third-order valence-electron chi connectivity index (χ3n) is 3.07. The van der Waals surface area contributed by atoms with Gasteiger partial charge in [-0.2, -0.15) is 0 Å². The van der Waals surface area contributed by atoms with E-state index in [0.29, 0.717) is 17.1 Å². The fourth-order valence-electron chi connectivity index (χ4n) is 1.79. The van der Waals surface area contributed by atoms with Crippen molar-refractivity contribution in [3.05, 3.63) is 52.0 Å². The van der Waals surface area contributed by atoms with E-state index < -0.39 is 0 Å². The molecule has 0 aliphatic heterocycles. The van der Waals surface area contributed by atoms with Gasteiger partial charge in [-0.1, -0.05) is 28.1 Å². The van der Waals surface area contributed by atoms with Crippen LogP contribution in [-0.4, -0.2) is 12.5 Å². The Bertz CT molecular complexity index is 671. The lowest BCUT2D eigenvalue weighted by Gasteiger charge is -2.10. The Kier molecular flexibility index (Phi) is 4.85. The van der Waals surface area contributed by atoms with Crippen LogP contribution in [0.3, 0.4) is 0 Å². The minimum absolute atomic E-state index is 0.0505. The monoisotopic (exact) mass is 348 g/mol. The Balaban J connectivity index is 1.95. The van der Waals surface area contributed by atoms with Crippen LogP contribution in [0.25, 0.3) is 0 Å². The standard InChI is InChI=1S/C16H17BrN2O2/c1-10-4-6-13(8-14(10)18)19-16(20)9-21-15-7-12(17)5-3-11(15)2/h3-8H,9,18H2,1-2H3,(H,19,20). The molecule has 0 heterocycles. The molecule has 0 spiro atoms. The largest absolute Gasteiger partial charge is 0.483 e. The zero-order valence-electron chi connectivity index (χ0n) is 11.9. The number of anilines is 2. The highest BCUT2D eigenvalue weighted by Crippen LogP contribution is 2.23. The zero-order chi connectivity index (χ0) is 15.4. The van der Waals surface area contributed by atoms with E-state index in [1.54, 1.807) is 6.07 Å².